The van der Waals surface area contributed by atoms with E-state index in [0.29, 0.717) is 16.9 Å². The number of halogens is 3. The van der Waals surface area contributed by atoms with Crippen LogP contribution >= 0.6 is 0 Å². The van der Waals surface area contributed by atoms with Gasteiger partial charge in [0.2, 0.25) is 0 Å². The van der Waals surface area contributed by atoms with Crippen LogP contribution in [0.25, 0.3) is 11.0 Å². The van der Waals surface area contributed by atoms with E-state index in [2.05, 4.69) is 15.3 Å². The molecule has 0 unspecified atom stereocenters. The maximum atomic E-state index is 12.7. The first-order valence-corrected chi connectivity index (χ1v) is 6.61. The summed E-state index contributed by atoms with van der Waals surface area (Å²) >= 11 is 0. The highest BCUT2D eigenvalue weighted by molar-refractivity contribution is 5.85. The van der Waals surface area contributed by atoms with E-state index in [9.17, 15) is 13.2 Å². The number of anilines is 1. The number of aryl methyl sites for hydroxylation is 1. The maximum Gasteiger partial charge on any atom is 0.416 e. The third-order valence-corrected chi connectivity index (χ3v) is 3.36. The summed E-state index contributed by atoms with van der Waals surface area (Å²) in [6, 6.07) is 7.06. The Balaban J connectivity index is 1.83. The van der Waals surface area contributed by atoms with E-state index in [0.717, 1.165) is 17.6 Å². The summed E-state index contributed by atoms with van der Waals surface area (Å²) in [4.78, 5) is 8.44. The second kappa shape index (κ2) is 5.32. The standard InChI is InChI=1S/C15H13F3N4/c1-22-9-21-13-12(22)5-6-19-14(13)20-8-10-3-2-4-11(7-10)15(16,17)18/h2-7,9H,8H2,1H3,(H,19,20). The van der Waals surface area contributed by atoms with Gasteiger partial charge in [0, 0.05) is 19.8 Å². The second-order valence-corrected chi connectivity index (χ2v) is 4.93. The molecule has 0 aliphatic heterocycles. The molecule has 3 rings (SSSR count). The Kier molecular flexibility index (Phi) is 3.48. The van der Waals surface area contributed by atoms with Crippen molar-refractivity contribution >= 4 is 16.9 Å². The van der Waals surface area contributed by atoms with E-state index in [-0.39, 0.29) is 6.54 Å². The minimum absolute atomic E-state index is 0.243. The lowest BCUT2D eigenvalue weighted by Gasteiger charge is -2.10. The zero-order chi connectivity index (χ0) is 15.7. The third-order valence-electron chi connectivity index (χ3n) is 3.36. The van der Waals surface area contributed by atoms with Crippen LogP contribution in [0.3, 0.4) is 0 Å². The molecule has 0 spiro atoms. The van der Waals surface area contributed by atoms with Crippen molar-refractivity contribution in [2.24, 2.45) is 7.05 Å². The zero-order valence-electron chi connectivity index (χ0n) is 11.7. The van der Waals surface area contributed by atoms with Crippen molar-refractivity contribution < 1.29 is 13.2 Å². The van der Waals surface area contributed by atoms with E-state index in [1.165, 1.54) is 6.07 Å². The number of nitrogens with one attached hydrogen (secondary N) is 1. The predicted octanol–water partition coefficient (Wildman–Crippen LogP) is 3.60. The van der Waals surface area contributed by atoms with Crippen LogP contribution in [-0.2, 0) is 19.8 Å². The van der Waals surface area contributed by atoms with E-state index in [4.69, 9.17) is 0 Å². The number of pyridine rings is 1. The van der Waals surface area contributed by atoms with E-state index < -0.39 is 11.7 Å². The Bertz CT molecular complexity index is 808. The molecule has 0 aliphatic rings. The fourth-order valence-electron chi connectivity index (χ4n) is 2.23. The molecule has 1 aromatic carbocycles. The molecule has 4 nitrogen and oxygen atoms in total. The van der Waals surface area contributed by atoms with Gasteiger partial charge < -0.3 is 9.88 Å². The van der Waals surface area contributed by atoms with Gasteiger partial charge in [0.1, 0.15) is 5.52 Å². The Morgan fingerprint density at radius 1 is 1.18 bits per heavy atom. The third kappa shape index (κ3) is 2.74. The fourth-order valence-corrected chi connectivity index (χ4v) is 2.23. The van der Waals surface area contributed by atoms with E-state index >= 15 is 0 Å². The number of hydrogen-bond acceptors (Lipinski definition) is 3. The van der Waals surface area contributed by atoms with Gasteiger partial charge in [-0.25, -0.2) is 9.97 Å². The van der Waals surface area contributed by atoms with Crippen molar-refractivity contribution in [2.75, 3.05) is 5.32 Å². The van der Waals surface area contributed by atoms with Crippen LogP contribution in [0.5, 0.6) is 0 Å². The maximum absolute atomic E-state index is 12.7. The van der Waals surface area contributed by atoms with Crippen LogP contribution in [0, 0.1) is 0 Å². The molecule has 22 heavy (non-hydrogen) atoms. The molecule has 2 heterocycles. The number of imidazole rings is 1. The van der Waals surface area contributed by atoms with Gasteiger partial charge in [-0.2, -0.15) is 13.2 Å². The van der Waals surface area contributed by atoms with Crippen molar-refractivity contribution in [3.63, 3.8) is 0 Å². The first-order chi connectivity index (χ1) is 10.4. The summed E-state index contributed by atoms with van der Waals surface area (Å²) in [5.41, 5.74) is 1.47. The van der Waals surface area contributed by atoms with Gasteiger partial charge in [-0.1, -0.05) is 12.1 Å². The Morgan fingerprint density at radius 2 is 2.00 bits per heavy atom. The summed E-state index contributed by atoms with van der Waals surface area (Å²) in [6.07, 6.45) is -1.03. The molecular formula is C15H13F3N4. The minimum Gasteiger partial charge on any atom is -0.364 e. The van der Waals surface area contributed by atoms with E-state index in [1.807, 2.05) is 17.7 Å². The highest BCUT2D eigenvalue weighted by Gasteiger charge is 2.30. The van der Waals surface area contributed by atoms with Crippen molar-refractivity contribution in [1.29, 1.82) is 0 Å². The molecule has 0 bridgehead atoms. The van der Waals surface area contributed by atoms with Crippen LogP contribution < -0.4 is 5.32 Å². The molecule has 0 fully saturated rings. The Hall–Kier alpha value is -2.57. The molecule has 0 radical (unpaired) electrons. The Labute approximate surface area is 124 Å². The van der Waals surface area contributed by atoms with Crippen molar-refractivity contribution in [3.8, 4) is 0 Å². The van der Waals surface area contributed by atoms with Crippen molar-refractivity contribution in [3.05, 3.63) is 54.0 Å². The van der Waals surface area contributed by atoms with Crippen LogP contribution in [0.2, 0.25) is 0 Å². The fraction of sp³-hybridized carbons (Fsp3) is 0.200. The topological polar surface area (TPSA) is 42.7 Å². The monoisotopic (exact) mass is 306 g/mol. The van der Waals surface area contributed by atoms with Gasteiger partial charge in [-0.3, -0.25) is 0 Å². The summed E-state index contributed by atoms with van der Waals surface area (Å²) in [5, 5.41) is 3.04. The molecule has 3 aromatic rings. The molecule has 0 amide bonds. The first kappa shape index (κ1) is 14.4. The molecule has 0 saturated carbocycles. The predicted molar refractivity (Wildman–Crippen MR) is 77.3 cm³/mol. The number of hydrogen-bond donors (Lipinski definition) is 1. The number of aromatic nitrogens is 3. The molecular weight excluding hydrogens is 293 g/mol. The SMILES string of the molecule is Cn1cnc2c(NCc3cccc(C(F)(F)F)c3)nccc21. The summed E-state index contributed by atoms with van der Waals surface area (Å²) in [7, 11) is 1.87. The first-order valence-electron chi connectivity index (χ1n) is 6.61. The lowest BCUT2D eigenvalue weighted by molar-refractivity contribution is -0.137. The van der Waals surface area contributed by atoms with Crippen LogP contribution in [0.15, 0.2) is 42.9 Å². The van der Waals surface area contributed by atoms with Crippen LogP contribution in [0.4, 0.5) is 19.0 Å². The molecule has 1 N–H and O–H groups in total. The van der Waals surface area contributed by atoms with E-state index in [1.54, 1.807) is 18.6 Å². The van der Waals surface area contributed by atoms with Crippen LogP contribution in [-0.4, -0.2) is 14.5 Å². The molecule has 0 saturated heterocycles. The lowest BCUT2D eigenvalue weighted by Crippen LogP contribution is -2.07. The minimum atomic E-state index is -4.34. The molecule has 2 aromatic heterocycles. The van der Waals surface area contributed by atoms with Crippen molar-refractivity contribution in [2.45, 2.75) is 12.7 Å². The summed E-state index contributed by atoms with van der Waals surface area (Å²) < 4.78 is 39.9. The van der Waals surface area contributed by atoms with Gasteiger partial charge in [0.05, 0.1) is 17.4 Å². The molecule has 0 atom stereocenters. The molecule has 7 heteroatoms. The van der Waals surface area contributed by atoms with Gasteiger partial charge in [0.25, 0.3) is 0 Å². The lowest BCUT2D eigenvalue weighted by atomic mass is 10.1. The number of alkyl halides is 3. The number of nitrogens with zero attached hydrogens (tertiary/aromatic N) is 3. The largest absolute Gasteiger partial charge is 0.416 e. The van der Waals surface area contributed by atoms with Crippen LogP contribution in [0.1, 0.15) is 11.1 Å². The average Bonchev–Trinajstić information content (AvgIpc) is 2.87. The summed E-state index contributed by atoms with van der Waals surface area (Å²) in [5.74, 6) is 0.551. The quantitative estimate of drug-likeness (QED) is 0.804. The zero-order valence-corrected chi connectivity index (χ0v) is 11.7. The number of fused-ring (bicyclic) bond motifs is 1. The molecule has 0 aliphatic carbocycles. The van der Waals surface area contributed by atoms with Gasteiger partial charge in [-0.15, -0.1) is 0 Å². The molecule has 114 valence electrons. The second-order valence-electron chi connectivity index (χ2n) is 4.93. The highest BCUT2D eigenvalue weighted by atomic mass is 19.4. The van der Waals surface area contributed by atoms with Gasteiger partial charge in [0.15, 0.2) is 5.82 Å². The highest BCUT2D eigenvalue weighted by Crippen LogP contribution is 2.29. The normalized spacial score (nSPS) is 11.8. The van der Waals surface area contributed by atoms with Gasteiger partial charge in [-0.05, 0) is 23.8 Å². The average molecular weight is 306 g/mol. The smallest absolute Gasteiger partial charge is 0.364 e. The van der Waals surface area contributed by atoms with Gasteiger partial charge >= 0.3 is 6.18 Å². The van der Waals surface area contributed by atoms with Crippen molar-refractivity contribution in [1.82, 2.24) is 14.5 Å². The number of rotatable bonds is 3. The summed E-state index contributed by atoms with van der Waals surface area (Å²) in [6.45, 7) is 0.243. The number of benzene rings is 1. The Morgan fingerprint density at radius 3 is 2.77 bits per heavy atom.